The van der Waals surface area contributed by atoms with Gasteiger partial charge in [-0.3, -0.25) is 14.4 Å². The van der Waals surface area contributed by atoms with E-state index >= 15 is 0 Å². The Labute approximate surface area is 144 Å². The molecule has 1 radical (unpaired) electrons. The maximum atomic E-state index is 12.4. The number of ketones is 2. The first kappa shape index (κ1) is 20.1. The van der Waals surface area contributed by atoms with Gasteiger partial charge >= 0.3 is 0 Å². The van der Waals surface area contributed by atoms with Crippen molar-refractivity contribution in [1.29, 1.82) is 0 Å². The highest BCUT2D eigenvalue weighted by molar-refractivity contribution is 6.23. The van der Waals surface area contributed by atoms with Crippen molar-refractivity contribution in [3.05, 3.63) is 22.7 Å². The Morgan fingerprint density at radius 3 is 1.83 bits per heavy atom. The van der Waals surface area contributed by atoms with E-state index in [9.17, 15) is 14.4 Å². The summed E-state index contributed by atoms with van der Waals surface area (Å²) in [6, 6.07) is 0. The summed E-state index contributed by atoms with van der Waals surface area (Å²) in [6.07, 6.45) is 10.2. The van der Waals surface area contributed by atoms with E-state index in [4.69, 9.17) is 9.47 Å². The standard InChI is InChI=1S/C19H27O5/c1-14-15(12-10-8-6-4-5-7-9-11-13-20)17(22)19(24-3)18(23-2)16(14)21/h4-12H2,1-3H3. The van der Waals surface area contributed by atoms with Crippen LogP contribution in [0, 0.1) is 0 Å². The lowest BCUT2D eigenvalue weighted by atomic mass is 9.89. The minimum Gasteiger partial charge on any atom is -0.489 e. The minimum absolute atomic E-state index is 0.00341. The predicted octanol–water partition coefficient (Wildman–Crippen LogP) is 3.58. The number of hydrogen-bond acceptors (Lipinski definition) is 5. The molecule has 1 aliphatic carbocycles. The molecule has 0 spiro atoms. The van der Waals surface area contributed by atoms with Gasteiger partial charge in [-0.25, -0.2) is 0 Å². The molecule has 0 aromatic carbocycles. The SMILES string of the molecule is COC1=C(OC)C(=O)C(CCCCCCCCC[C]=O)=C(C)C1=O. The number of ether oxygens (including phenoxy) is 2. The Morgan fingerprint density at radius 1 is 0.792 bits per heavy atom. The number of hydrogen-bond donors (Lipinski definition) is 0. The highest BCUT2D eigenvalue weighted by atomic mass is 16.5. The summed E-state index contributed by atoms with van der Waals surface area (Å²) in [4.78, 5) is 34.8. The third-order valence-corrected chi connectivity index (χ3v) is 4.30. The van der Waals surface area contributed by atoms with Crippen molar-refractivity contribution in [2.24, 2.45) is 0 Å². The van der Waals surface area contributed by atoms with E-state index in [0.29, 0.717) is 24.0 Å². The van der Waals surface area contributed by atoms with Gasteiger partial charge in [0.1, 0.15) is 0 Å². The zero-order chi connectivity index (χ0) is 17.9. The number of Topliss-reactive ketones (excluding diaryl/α,β-unsaturated/α-hetero) is 2. The van der Waals surface area contributed by atoms with E-state index in [2.05, 4.69) is 0 Å². The van der Waals surface area contributed by atoms with Crippen molar-refractivity contribution in [3.8, 4) is 0 Å². The van der Waals surface area contributed by atoms with Gasteiger partial charge in [-0.15, -0.1) is 0 Å². The molecule has 0 aliphatic heterocycles. The third-order valence-electron chi connectivity index (χ3n) is 4.30. The van der Waals surface area contributed by atoms with Crippen LogP contribution >= 0.6 is 0 Å². The third kappa shape index (κ3) is 5.32. The molecule has 1 aliphatic rings. The molecule has 5 nitrogen and oxygen atoms in total. The Bertz CT molecular complexity index is 528. The van der Waals surface area contributed by atoms with Gasteiger partial charge in [0.2, 0.25) is 23.1 Å². The number of methoxy groups -OCH3 is 2. The molecule has 0 atom stereocenters. The highest BCUT2D eigenvalue weighted by Crippen LogP contribution is 2.28. The minimum atomic E-state index is -0.268. The summed E-state index contributed by atoms with van der Waals surface area (Å²) in [5.41, 5.74) is 1.00. The number of allylic oxidation sites excluding steroid dienone is 2. The quantitative estimate of drug-likeness (QED) is 0.403. The monoisotopic (exact) mass is 335 g/mol. The summed E-state index contributed by atoms with van der Waals surface area (Å²) < 4.78 is 10.1. The first-order valence-electron chi connectivity index (χ1n) is 8.54. The number of carbonyl (C=O) groups excluding carboxylic acids is 3. The van der Waals surface area contributed by atoms with Gasteiger partial charge in [-0.1, -0.05) is 32.1 Å². The second kappa shape index (κ2) is 10.8. The van der Waals surface area contributed by atoms with Crippen LogP contribution < -0.4 is 0 Å². The van der Waals surface area contributed by atoms with Crippen molar-refractivity contribution in [3.63, 3.8) is 0 Å². The summed E-state index contributed by atoms with van der Waals surface area (Å²) in [5.74, 6) is -0.501. The van der Waals surface area contributed by atoms with Crippen molar-refractivity contribution in [2.45, 2.75) is 64.7 Å². The normalized spacial score (nSPS) is 15.1. The van der Waals surface area contributed by atoms with Crippen LogP contribution in [-0.4, -0.2) is 32.1 Å². The Balaban J connectivity index is 2.42. The predicted molar refractivity (Wildman–Crippen MR) is 91.0 cm³/mol. The lowest BCUT2D eigenvalue weighted by molar-refractivity contribution is -0.121. The molecular formula is C19H27O5. The van der Waals surface area contributed by atoms with Gasteiger partial charge in [-0.2, -0.15) is 0 Å². The summed E-state index contributed by atoms with van der Waals surface area (Å²) >= 11 is 0. The summed E-state index contributed by atoms with van der Waals surface area (Å²) in [5, 5.41) is 0. The molecule has 5 heteroatoms. The molecule has 0 amide bonds. The average Bonchev–Trinajstić information content (AvgIpc) is 2.58. The van der Waals surface area contributed by atoms with E-state index in [1.165, 1.54) is 14.2 Å². The summed E-state index contributed by atoms with van der Waals surface area (Å²) in [6.45, 7) is 1.67. The molecule has 0 saturated carbocycles. The molecule has 0 heterocycles. The van der Waals surface area contributed by atoms with Crippen LogP contribution in [0.2, 0.25) is 0 Å². The van der Waals surface area contributed by atoms with Crippen LogP contribution in [0.5, 0.6) is 0 Å². The largest absolute Gasteiger partial charge is 0.489 e. The maximum Gasteiger partial charge on any atom is 0.228 e. The lowest BCUT2D eigenvalue weighted by Gasteiger charge is -2.20. The molecule has 133 valence electrons. The van der Waals surface area contributed by atoms with Crippen LogP contribution in [0.15, 0.2) is 22.7 Å². The van der Waals surface area contributed by atoms with Gasteiger partial charge < -0.3 is 9.47 Å². The van der Waals surface area contributed by atoms with Gasteiger partial charge in [0, 0.05) is 17.6 Å². The van der Waals surface area contributed by atoms with Crippen LogP contribution in [0.1, 0.15) is 64.7 Å². The van der Waals surface area contributed by atoms with E-state index in [1.807, 2.05) is 6.29 Å². The highest BCUT2D eigenvalue weighted by Gasteiger charge is 2.34. The topological polar surface area (TPSA) is 69.7 Å². The van der Waals surface area contributed by atoms with E-state index < -0.39 is 0 Å². The van der Waals surface area contributed by atoms with Crippen molar-refractivity contribution in [2.75, 3.05) is 14.2 Å². The molecule has 0 fully saturated rings. The average molecular weight is 335 g/mol. The molecule has 0 aromatic rings. The van der Waals surface area contributed by atoms with E-state index in [1.54, 1.807) is 6.92 Å². The number of unbranched alkanes of at least 4 members (excludes halogenated alkanes) is 7. The fourth-order valence-corrected chi connectivity index (χ4v) is 2.88. The molecule has 24 heavy (non-hydrogen) atoms. The van der Waals surface area contributed by atoms with Crippen LogP contribution in [0.4, 0.5) is 0 Å². The Kier molecular flexibility index (Phi) is 9.05. The van der Waals surface area contributed by atoms with Gasteiger partial charge in [0.25, 0.3) is 0 Å². The lowest BCUT2D eigenvalue weighted by Crippen LogP contribution is -2.25. The molecule has 0 N–H and O–H groups in total. The summed E-state index contributed by atoms with van der Waals surface area (Å²) in [7, 11) is 2.74. The molecule has 0 saturated heterocycles. The van der Waals surface area contributed by atoms with Crippen LogP contribution in [0.3, 0.4) is 0 Å². The fraction of sp³-hybridized carbons (Fsp3) is 0.632. The van der Waals surface area contributed by atoms with Crippen molar-refractivity contribution < 1.29 is 23.9 Å². The Morgan fingerprint density at radius 2 is 1.29 bits per heavy atom. The Hall–Kier alpha value is -1.91. The molecular weight excluding hydrogens is 308 g/mol. The molecule has 0 bridgehead atoms. The van der Waals surface area contributed by atoms with Gasteiger partial charge in [0.15, 0.2) is 6.29 Å². The number of rotatable bonds is 12. The van der Waals surface area contributed by atoms with Crippen molar-refractivity contribution in [1.82, 2.24) is 0 Å². The molecule has 0 unspecified atom stereocenters. The molecule has 1 rings (SSSR count). The van der Waals surface area contributed by atoms with Gasteiger partial charge in [0.05, 0.1) is 14.2 Å². The molecule has 0 aromatic heterocycles. The first-order chi connectivity index (χ1) is 11.6. The van der Waals surface area contributed by atoms with E-state index in [-0.39, 0.29) is 23.1 Å². The van der Waals surface area contributed by atoms with E-state index in [0.717, 1.165) is 44.9 Å². The zero-order valence-electron chi connectivity index (χ0n) is 14.9. The first-order valence-corrected chi connectivity index (χ1v) is 8.54. The van der Waals surface area contributed by atoms with Gasteiger partial charge in [-0.05, 0) is 26.2 Å². The second-order valence-electron chi connectivity index (χ2n) is 5.95. The maximum absolute atomic E-state index is 12.4. The van der Waals surface area contributed by atoms with Crippen LogP contribution in [-0.2, 0) is 23.9 Å². The second-order valence-corrected chi connectivity index (χ2v) is 5.95. The number of carbonyl (C=O) groups is 2. The fourth-order valence-electron chi connectivity index (χ4n) is 2.88. The smallest absolute Gasteiger partial charge is 0.228 e. The zero-order valence-corrected chi connectivity index (χ0v) is 14.9. The van der Waals surface area contributed by atoms with Crippen LogP contribution in [0.25, 0.3) is 0 Å². The van der Waals surface area contributed by atoms with Crippen molar-refractivity contribution >= 4 is 17.9 Å².